The van der Waals surface area contributed by atoms with E-state index in [2.05, 4.69) is 27.0 Å². The van der Waals surface area contributed by atoms with Crippen molar-refractivity contribution in [3.8, 4) is 5.88 Å². The van der Waals surface area contributed by atoms with Gasteiger partial charge in [-0.25, -0.2) is 9.79 Å². The summed E-state index contributed by atoms with van der Waals surface area (Å²) >= 11 is 0. The minimum absolute atomic E-state index is 0.0722. The van der Waals surface area contributed by atoms with E-state index in [1.165, 1.54) is 11.6 Å². The molecular formula is C26H24N4O4. The predicted octanol–water partition coefficient (Wildman–Crippen LogP) is 3.97. The van der Waals surface area contributed by atoms with Crippen molar-refractivity contribution in [3.05, 3.63) is 89.2 Å². The first-order valence-electron chi connectivity index (χ1n) is 11.0. The van der Waals surface area contributed by atoms with Crippen LogP contribution in [0.1, 0.15) is 27.0 Å². The number of benzene rings is 2. The number of carbonyl (C=O) groups is 1. The van der Waals surface area contributed by atoms with Crippen LogP contribution in [0.4, 0.5) is 5.69 Å². The number of aromatic nitrogens is 2. The quantitative estimate of drug-likeness (QED) is 0.379. The molecule has 1 aliphatic rings. The van der Waals surface area contributed by atoms with E-state index in [0.717, 1.165) is 44.1 Å². The number of hydrogen-bond acceptors (Lipinski definition) is 6. The summed E-state index contributed by atoms with van der Waals surface area (Å²) in [5.74, 6) is -1.11. The van der Waals surface area contributed by atoms with Gasteiger partial charge in [-0.05, 0) is 48.0 Å². The molecule has 0 radical (unpaired) electrons. The number of pyridine rings is 1. The lowest BCUT2D eigenvalue weighted by Gasteiger charge is -2.26. The summed E-state index contributed by atoms with van der Waals surface area (Å²) in [5, 5.41) is 20.8. The Balaban J connectivity index is 1.56. The van der Waals surface area contributed by atoms with Gasteiger partial charge in [0.25, 0.3) is 0 Å². The highest BCUT2D eigenvalue weighted by molar-refractivity contribution is 6.22. The van der Waals surface area contributed by atoms with Crippen molar-refractivity contribution in [2.45, 2.75) is 6.54 Å². The van der Waals surface area contributed by atoms with E-state index in [9.17, 15) is 15.0 Å². The average Bonchev–Trinajstić information content (AvgIpc) is 3.19. The van der Waals surface area contributed by atoms with Crippen LogP contribution in [-0.2, 0) is 11.3 Å². The van der Waals surface area contributed by atoms with E-state index in [1.807, 2.05) is 24.3 Å². The number of morpholine rings is 1. The van der Waals surface area contributed by atoms with Gasteiger partial charge in [0.1, 0.15) is 0 Å². The number of nitrogens with zero attached hydrogens (tertiary/aromatic N) is 3. The average molecular weight is 457 g/mol. The molecule has 0 atom stereocenters. The topological polar surface area (TPSA) is 111 Å². The summed E-state index contributed by atoms with van der Waals surface area (Å²) in [6, 6.07) is 16.3. The Bertz CT molecular complexity index is 1340. The van der Waals surface area contributed by atoms with E-state index < -0.39 is 5.97 Å². The normalized spacial score (nSPS) is 15.0. The van der Waals surface area contributed by atoms with E-state index in [-0.39, 0.29) is 11.4 Å². The second-order valence-electron chi connectivity index (χ2n) is 8.17. The highest BCUT2D eigenvalue weighted by atomic mass is 16.5. The summed E-state index contributed by atoms with van der Waals surface area (Å²) in [7, 11) is 0. The van der Waals surface area contributed by atoms with Crippen molar-refractivity contribution < 1.29 is 19.7 Å². The number of aliphatic imine (C=N–C) groups is 1. The van der Waals surface area contributed by atoms with Crippen molar-refractivity contribution in [2.24, 2.45) is 4.99 Å². The number of carboxylic acids is 1. The molecule has 1 fully saturated rings. The lowest BCUT2D eigenvalue weighted by atomic mass is 10.0. The highest BCUT2D eigenvalue weighted by Gasteiger charge is 2.20. The molecule has 1 saturated heterocycles. The third kappa shape index (κ3) is 4.54. The maximum atomic E-state index is 11.5. The number of fused-ring (bicyclic) bond motifs is 1. The maximum Gasteiger partial charge on any atom is 0.335 e. The van der Waals surface area contributed by atoms with Crippen molar-refractivity contribution in [2.75, 3.05) is 26.3 Å². The van der Waals surface area contributed by atoms with Gasteiger partial charge in [0.2, 0.25) is 0 Å². The zero-order valence-corrected chi connectivity index (χ0v) is 18.4. The molecule has 8 nitrogen and oxygen atoms in total. The third-order valence-corrected chi connectivity index (χ3v) is 5.90. The second kappa shape index (κ2) is 9.46. The molecule has 4 aromatic rings. The predicted molar refractivity (Wildman–Crippen MR) is 129 cm³/mol. The highest BCUT2D eigenvalue weighted by Crippen LogP contribution is 2.32. The zero-order chi connectivity index (χ0) is 23.5. The monoisotopic (exact) mass is 456 g/mol. The standard InChI is InChI=1S/C26H24N4O4/c31-25-23(21-15-19(26(32)33)3-6-22(21)29-25)24(18-7-9-27-10-8-18)28-20-4-1-17(2-5-20)16-30-11-13-34-14-12-30/h1-10,15,29,31H,11-14,16H2,(H,32,33). The Labute approximate surface area is 196 Å². The van der Waals surface area contributed by atoms with Crippen LogP contribution < -0.4 is 0 Å². The first kappa shape index (κ1) is 21.8. The number of hydrogen-bond donors (Lipinski definition) is 3. The number of nitrogens with one attached hydrogen (secondary N) is 1. The van der Waals surface area contributed by atoms with Gasteiger partial charge in [-0.15, -0.1) is 0 Å². The van der Waals surface area contributed by atoms with Crippen molar-refractivity contribution in [3.63, 3.8) is 0 Å². The Kier molecular flexibility index (Phi) is 6.07. The van der Waals surface area contributed by atoms with Crippen molar-refractivity contribution >= 4 is 28.3 Å². The minimum Gasteiger partial charge on any atom is -0.494 e. The lowest BCUT2D eigenvalue weighted by Crippen LogP contribution is -2.35. The van der Waals surface area contributed by atoms with Gasteiger partial charge in [0, 0.05) is 48.5 Å². The fraction of sp³-hybridized carbons (Fsp3) is 0.192. The summed E-state index contributed by atoms with van der Waals surface area (Å²) < 4.78 is 5.42. The minimum atomic E-state index is -1.04. The summed E-state index contributed by atoms with van der Waals surface area (Å²) in [6.07, 6.45) is 3.32. The first-order valence-corrected chi connectivity index (χ1v) is 11.0. The molecule has 3 N–H and O–H groups in total. The molecule has 172 valence electrons. The molecule has 0 amide bonds. The lowest BCUT2D eigenvalue weighted by molar-refractivity contribution is 0.0342. The van der Waals surface area contributed by atoms with E-state index in [0.29, 0.717) is 22.2 Å². The maximum absolute atomic E-state index is 11.5. The smallest absolute Gasteiger partial charge is 0.335 e. The molecule has 34 heavy (non-hydrogen) atoms. The number of aromatic hydroxyl groups is 1. The Hall–Kier alpha value is -4.01. The Morgan fingerprint density at radius 1 is 1.03 bits per heavy atom. The summed E-state index contributed by atoms with van der Waals surface area (Å²) in [5.41, 5.74) is 4.39. The zero-order valence-electron chi connectivity index (χ0n) is 18.4. The molecule has 0 bridgehead atoms. The number of rotatable bonds is 6. The summed E-state index contributed by atoms with van der Waals surface area (Å²) in [6.45, 7) is 4.21. The molecule has 0 unspecified atom stereocenters. The summed E-state index contributed by atoms with van der Waals surface area (Å²) in [4.78, 5) is 25.8. The molecule has 0 spiro atoms. The first-order chi connectivity index (χ1) is 16.6. The van der Waals surface area contributed by atoms with Gasteiger partial charge in [-0.2, -0.15) is 0 Å². The van der Waals surface area contributed by atoms with Gasteiger partial charge < -0.3 is 19.9 Å². The van der Waals surface area contributed by atoms with Gasteiger partial charge in [-0.1, -0.05) is 12.1 Å². The number of aromatic amines is 1. The van der Waals surface area contributed by atoms with Crippen LogP contribution in [0.5, 0.6) is 5.88 Å². The molecule has 0 aliphatic carbocycles. The molecule has 5 rings (SSSR count). The SMILES string of the molecule is O=C(O)c1ccc2[nH]c(O)c(C(=Nc3ccc(CN4CCOCC4)cc3)c3ccncc3)c2c1. The molecule has 8 heteroatoms. The van der Waals surface area contributed by atoms with Crippen LogP contribution in [0.15, 0.2) is 72.0 Å². The van der Waals surface area contributed by atoms with Crippen LogP contribution in [0.25, 0.3) is 10.9 Å². The van der Waals surface area contributed by atoms with Gasteiger partial charge in [0.15, 0.2) is 5.88 Å². The van der Waals surface area contributed by atoms with E-state index in [1.54, 1.807) is 24.5 Å². The molecule has 0 saturated carbocycles. The van der Waals surface area contributed by atoms with Crippen LogP contribution in [0, 0.1) is 0 Å². The third-order valence-electron chi connectivity index (χ3n) is 5.90. The fourth-order valence-corrected chi connectivity index (χ4v) is 4.15. The second-order valence-corrected chi connectivity index (χ2v) is 8.17. The molecule has 3 heterocycles. The van der Waals surface area contributed by atoms with Crippen molar-refractivity contribution in [1.29, 1.82) is 0 Å². The number of ether oxygens (including phenoxy) is 1. The van der Waals surface area contributed by atoms with Gasteiger partial charge in [-0.3, -0.25) is 9.88 Å². The largest absolute Gasteiger partial charge is 0.494 e. The van der Waals surface area contributed by atoms with Crippen LogP contribution in [-0.4, -0.2) is 63.1 Å². The van der Waals surface area contributed by atoms with Gasteiger partial charge >= 0.3 is 5.97 Å². The van der Waals surface area contributed by atoms with E-state index >= 15 is 0 Å². The Morgan fingerprint density at radius 3 is 2.47 bits per heavy atom. The molecular weight excluding hydrogens is 432 g/mol. The fourth-order valence-electron chi connectivity index (χ4n) is 4.15. The Morgan fingerprint density at radius 2 is 1.76 bits per heavy atom. The van der Waals surface area contributed by atoms with E-state index in [4.69, 9.17) is 9.73 Å². The van der Waals surface area contributed by atoms with Crippen molar-refractivity contribution in [1.82, 2.24) is 14.9 Å². The van der Waals surface area contributed by atoms with Crippen LogP contribution in [0.3, 0.4) is 0 Å². The molecule has 2 aromatic carbocycles. The number of carboxylic acid groups (broad SMARTS) is 1. The number of aromatic carboxylic acids is 1. The molecule has 1 aliphatic heterocycles. The molecule has 2 aromatic heterocycles. The number of H-pyrrole nitrogens is 1. The van der Waals surface area contributed by atoms with Crippen LogP contribution >= 0.6 is 0 Å². The van der Waals surface area contributed by atoms with Gasteiger partial charge in [0.05, 0.1) is 35.7 Å². The van der Waals surface area contributed by atoms with Crippen LogP contribution in [0.2, 0.25) is 0 Å².